The predicted molar refractivity (Wildman–Crippen MR) is 186 cm³/mol. The lowest BCUT2D eigenvalue weighted by Gasteiger charge is -2.44. The van der Waals surface area contributed by atoms with E-state index < -0.39 is 11.3 Å². The maximum atomic E-state index is 14.3. The monoisotopic (exact) mass is 658 g/mol. The highest BCUT2D eigenvalue weighted by molar-refractivity contribution is 6.34. The molecule has 1 amide bonds. The van der Waals surface area contributed by atoms with Gasteiger partial charge in [0.05, 0.1) is 27.5 Å². The van der Waals surface area contributed by atoms with Gasteiger partial charge in [0, 0.05) is 42.5 Å². The van der Waals surface area contributed by atoms with Crippen molar-refractivity contribution in [3.63, 3.8) is 0 Å². The third-order valence-electron chi connectivity index (χ3n) is 8.41. The number of piperazine rings is 1. The Bertz CT molecular complexity index is 1900. The fourth-order valence-corrected chi connectivity index (χ4v) is 6.43. The average molecular weight is 659 g/mol. The summed E-state index contributed by atoms with van der Waals surface area (Å²) >= 11 is 7.06. The molecular weight excluding hydrogens is 616 g/mol. The number of aldehydes is 1. The molecule has 1 aromatic carbocycles. The van der Waals surface area contributed by atoms with Gasteiger partial charge in [0.15, 0.2) is 11.9 Å². The van der Waals surface area contributed by atoms with Gasteiger partial charge in [-0.1, -0.05) is 63.6 Å². The van der Waals surface area contributed by atoms with Gasteiger partial charge >= 0.3 is 11.8 Å². The number of aromatic nitrogens is 4. The van der Waals surface area contributed by atoms with Crippen LogP contribution in [0.2, 0.25) is 5.02 Å². The molecule has 5 rings (SSSR count). The molecule has 0 aliphatic carbocycles. The lowest BCUT2D eigenvalue weighted by molar-refractivity contribution is 0.0130. The molecular formula is C36H43ClN6O4. The van der Waals surface area contributed by atoms with Crippen LogP contribution in [0.3, 0.4) is 0 Å². The summed E-state index contributed by atoms with van der Waals surface area (Å²) in [7, 11) is 0. The number of fused-ring (bicyclic) bond motifs is 1. The van der Waals surface area contributed by atoms with Crippen LogP contribution in [0, 0.1) is 0 Å². The van der Waals surface area contributed by atoms with Gasteiger partial charge in [-0.05, 0) is 64.2 Å². The Kier molecular flexibility index (Phi) is 9.46. The molecule has 47 heavy (non-hydrogen) atoms. The van der Waals surface area contributed by atoms with E-state index in [1.807, 2.05) is 77.6 Å². The van der Waals surface area contributed by atoms with Crippen molar-refractivity contribution in [1.29, 1.82) is 0 Å². The molecule has 2 atom stereocenters. The number of carbonyl (C=O) groups is 2. The first kappa shape index (κ1) is 34.0. The number of nitrogens with zero attached hydrogens (tertiary/aromatic N) is 6. The Morgan fingerprint density at radius 2 is 1.72 bits per heavy atom. The van der Waals surface area contributed by atoms with Gasteiger partial charge in [-0.2, -0.15) is 4.98 Å². The van der Waals surface area contributed by atoms with Gasteiger partial charge in [0.1, 0.15) is 11.4 Å². The molecule has 11 heteroatoms. The summed E-state index contributed by atoms with van der Waals surface area (Å²) in [5, 5.41) is 0.943. The van der Waals surface area contributed by atoms with Gasteiger partial charge < -0.3 is 14.5 Å². The van der Waals surface area contributed by atoms with Crippen LogP contribution >= 0.6 is 11.6 Å². The van der Waals surface area contributed by atoms with Crippen LogP contribution in [0.25, 0.3) is 28.0 Å². The van der Waals surface area contributed by atoms with Gasteiger partial charge in [-0.3, -0.25) is 9.78 Å². The van der Waals surface area contributed by atoms with Crippen LogP contribution in [-0.2, 0) is 4.74 Å². The van der Waals surface area contributed by atoms with E-state index in [2.05, 4.69) is 23.8 Å². The third-order valence-corrected chi connectivity index (χ3v) is 8.69. The largest absolute Gasteiger partial charge is 0.444 e. The van der Waals surface area contributed by atoms with Crippen molar-refractivity contribution in [3.05, 3.63) is 74.9 Å². The second-order valence-corrected chi connectivity index (χ2v) is 14.3. The molecule has 1 fully saturated rings. The Hall–Kier alpha value is -4.31. The Balaban J connectivity index is 1.78. The molecule has 248 valence electrons. The van der Waals surface area contributed by atoms with E-state index in [9.17, 15) is 14.4 Å². The molecule has 0 saturated carbocycles. The summed E-state index contributed by atoms with van der Waals surface area (Å²) in [5.41, 5.74) is 2.73. The SMILES string of the molecule is CC(C)c1ccccc1-c1nc2c(cc1Cl)c(N1C[C@@H](C)N(C(=O)OC(C)(C)C)C[C@@H]1C)nc(=O)n2-c1c(C=O)ccnc1C(C)C. The first-order valence-electron chi connectivity index (χ1n) is 16.1. The Morgan fingerprint density at radius 1 is 1.02 bits per heavy atom. The molecule has 3 aromatic heterocycles. The molecule has 0 bridgehead atoms. The standard InChI is InChI=1S/C36H43ClN6O4/c1-20(2)25-12-10-11-13-26(25)30-28(37)16-27-32(41-17-23(6)42(18-22(41)5)35(46)47-36(7,8)9)40-34(45)43(33(27)39-30)31-24(19-44)14-15-38-29(31)21(3)4/h10-16,19-23H,17-18H2,1-9H3/t22-,23+/m0/s1. The number of rotatable bonds is 6. The average Bonchev–Trinajstić information content (AvgIpc) is 3.00. The summed E-state index contributed by atoms with van der Waals surface area (Å²) in [5.74, 6) is 0.484. The smallest absolute Gasteiger partial charge is 0.410 e. The van der Waals surface area contributed by atoms with Crippen molar-refractivity contribution < 1.29 is 14.3 Å². The highest BCUT2D eigenvalue weighted by Gasteiger charge is 2.36. The van der Waals surface area contributed by atoms with Gasteiger partial charge in [0.2, 0.25) is 0 Å². The molecule has 0 unspecified atom stereocenters. The van der Waals surface area contributed by atoms with E-state index in [4.69, 9.17) is 21.3 Å². The van der Waals surface area contributed by atoms with Gasteiger partial charge in [-0.15, -0.1) is 0 Å². The first-order valence-corrected chi connectivity index (χ1v) is 16.4. The quantitative estimate of drug-likeness (QED) is 0.197. The van der Waals surface area contributed by atoms with Crippen LogP contribution < -0.4 is 10.6 Å². The lowest BCUT2D eigenvalue weighted by atomic mass is 9.95. The molecule has 1 saturated heterocycles. The second kappa shape index (κ2) is 13.1. The van der Waals surface area contributed by atoms with Crippen LogP contribution in [0.1, 0.15) is 95.8 Å². The zero-order valence-corrected chi connectivity index (χ0v) is 29.3. The highest BCUT2D eigenvalue weighted by Crippen LogP contribution is 2.38. The number of ether oxygens (including phenoxy) is 1. The van der Waals surface area contributed by atoms with Crippen molar-refractivity contribution in [3.8, 4) is 16.9 Å². The molecule has 0 spiro atoms. The van der Waals surface area contributed by atoms with E-state index in [1.54, 1.807) is 23.2 Å². The molecule has 1 aliphatic heterocycles. The fraction of sp³-hybridized carbons (Fsp3) is 0.444. The van der Waals surface area contributed by atoms with Crippen molar-refractivity contribution >= 4 is 40.8 Å². The summed E-state index contributed by atoms with van der Waals surface area (Å²) in [6, 6.07) is 10.9. The van der Waals surface area contributed by atoms with E-state index >= 15 is 0 Å². The highest BCUT2D eigenvalue weighted by atomic mass is 35.5. The van der Waals surface area contributed by atoms with Crippen LogP contribution in [0.4, 0.5) is 10.6 Å². The van der Waals surface area contributed by atoms with Crippen molar-refractivity contribution in [2.75, 3.05) is 18.0 Å². The second-order valence-electron chi connectivity index (χ2n) is 13.9. The number of benzene rings is 1. The van der Waals surface area contributed by atoms with E-state index in [1.165, 1.54) is 4.57 Å². The Labute approximate surface area is 280 Å². The minimum Gasteiger partial charge on any atom is -0.444 e. The van der Waals surface area contributed by atoms with E-state index in [-0.39, 0.29) is 30.0 Å². The summed E-state index contributed by atoms with van der Waals surface area (Å²) in [4.78, 5) is 57.8. The number of anilines is 1. The summed E-state index contributed by atoms with van der Waals surface area (Å²) < 4.78 is 7.07. The summed E-state index contributed by atoms with van der Waals surface area (Å²) in [6.07, 6.45) is 1.90. The maximum Gasteiger partial charge on any atom is 0.410 e. The van der Waals surface area contributed by atoms with Crippen molar-refractivity contribution in [1.82, 2.24) is 24.4 Å². The third kappa shape index (κ3) is 6.61. The van der Waals surface area contributed by atoms with Gasteiger partial charge in [0.25, 0.3) is 0 Å². The van der Waals surface area contributed by atoms with Crippen LogP contribution in [0.15, 0.2) is 47.4 Å². The van der Waals surface area contributed by atoms with E-state index in [0.717, 1.165) is 17.4 Å². The molecule has 0 N–H and O–H groups in total. The number of halogens is 1. The first-order chi connectivity index (χ1) is 22.1. The normalized spacial score (nSPS) is 17.1. The van der Waals surface area contributed by atoms with Crippen LogP contribution in [-0.4, -0.2) is 67.6 Å². The number of hydrogen-bond donors (Lipinski definition) is 0. The summed E-state index contributed by atoms with van der Waals surface area (Å²) in [6.45, 7) is 18.3. The predicted octanol–water partition coefficient (Wildman–Crippen LogP) is 7.39. The molecule has 10 nitrogen and oxygen atoms in total. The molecule has 4 aromatic rings. The number of amides is 1. The minimum atomic E-state index is -0.630. The van der Waals surface area contributed by atoms with E-state index in [0.29, 0.717) is 57.6 Å². The molecule has 4 heterocycles. The zero-order valence-electron chi connectivity index (χ0n) is 28.5. The number of hydrogen-bond acceptors (Lipinski definition) is 8. The van der Waals surface area contributed by atoms with Gasteiger partial charge in [-0.25, -0.2) is 19.1 Å². The Morgan fingerprint density at radius 3 is 2.36 bits per heavy atom. The van der Waals surface area contributed by atoms with Crippen LogP contribution in [0.5, 0.6) is 0 Å². The molecule has 1 aliphatic rings. The topological polar surface area (TPSA) is 111 Å². The van der Waals surface area contributed by atoms with Crippen molar-refractivity contribution in [2.45, 2.75) is 91.8 Å². The zero-order chi connectivity index (χ0) is 34.4. The fourth-order valence-electron chi connectivity index (χ4n) is 6.17. The number of carbonyl (C=O) groups excluding carboxylic acids is 2. The van der Waals surface area contributed by atoms with Crippen molar-refractivity contribution in [2.24, 2.45) is 0 Å². The molecule has 0 radical (unpaired) electrons. The number of pyridine rings is 2. The maximum absolute atomic E-state index is 14.3. The lowest BCUT2D eigenvalue weighted by Crippen LogP contribution is -2.59. The minimum absolute atomic E-state index is 0.109.